The van der Waals surface area contributed by atoms with E-state index >= 15 is 0 Å². The molecular weight excluding hydrogens is 275 g/mol. The molecule has 0 saturated heterocycles. The van der Waals surface area contributed by atoms with Crippen molar-refractivity contribution in [2.45, 2.75) is 13.8 Å². The van der Waals surface area contributed by atoms with Crippen LogP contribution in [0.15, 0.2) is 24.4 Å². The summed E-state index contributed by atoms with van der Waals surface area (Å²) in [5, 5.41) is 0. The summed E-state index contributed by atoms with van der Waals surface area (Å²) in [5.41, 5.74) is 2.38. The van der Waals surface area contributed by atoms with Crippen LogP contribution in [0, 0.1) is 19.7 Å². The summed E-state index contributed by atoms with van der Waals surface area (Å²) in [5.74, 6) is 0.660. The first kappa shape index (κ1) is 11.8. The zero-order valence-electron chi connectivity index (χ0n) is 12.3. The van der Waals surface area contributed by atoms with Crippen molar-refractivity contribution in [3.63, 3.8) is 0 Å². The molecule has 0 amide bonds. The standard InChI is InChI=1S/C15H13FN2OS/c1-8-14(11-5-4-10(16)6-12(11)19-3)15-13(20-8)7-17-9(2)18-15/h4-7H,1-3H3/i7D. The van der Waals surface area contributed by atoms with Gasteiger partial charge in [0.2, 0.25) is 0 Å². The number of fused-ring (bicyclic) bond motifs is 1. The van der Waals surface area contributed by atoms with Gasteiger partial charge in [-0.2, -0.15) is 0 Å². The van der Waals surface area contributed by atoms with Gasteiger partial charge >= 0.3 is 0 Å². The van der Waals surface area contributed by atoms with E-state index in [1.54, 1.807) is 13.0 Å². The third-order valence-corrected chi connectivity index (χ3v) is 4.08. The number of aryl methyl sites for hydroxylation is 2. The molecule has 0 spiro atoms. The number of thiophene rings is 1. The molecule has 1 aromatic carbocycles. The van der Waals surface area contributed by atoms with Gasteiger partial charge in [0, 0.05) is 28.2 Å². The molecule has 2 heterocycles. The van der Waals surface area contributed by atoms with Crippen LogP contribution in [0.3, 0.4) is 0 Å². The zero-order valence-corrected chi connectivity index (χ0v) is 12.1. The van der Waals surface area contributed by atoms with E-state index < -0.39 is 0 Å². The van der Waals surface area contributed by atoms with Gasteiger partial charge in [-0.15, -0.1) is 11.3 Å². The van der Waals surface area contributed by atoms with E-state index in [2.05, 4.69) is 9.97 Å². The van der Waals surface area contributed by atoms with Gasteiger partial charge in [-0.25, -0.2) is 14.4 Å². The maximum Gasteiger partial charge on any atom is 0.129 e. The molecule has 3 aromatic rings. The van der Waals surface area contributed by atoms with Crippen LogP contribution < -0.4 is 4.74 Å². The van der Waals surface area contributed by atoms with Crippen molar-refractivity contribution in [1.29, 1.82) is 0 Å². The lowest BCUT2D eigenvalue weighted by Gasteiger charge is -2.09. The monoisotopic (exact) mass is 289 g/mol. The van der Waals surface area contributed by atoms with Gasteiger partial charge < -0.3 is 4.74 Å². The van der Waals surface area contributed by atoms with Crippen LogP contribution >= 0.6 is 11.3 Å². The molecule has 2 aromatic heterocycles. The molecule has 0 unspecified atom stereocenters. The minimum Gasteiger partial charge on any atom is -0.496 e. The number of nitrogens with zero attached hydrogens (tertiary/aromatic N) is 2. The van der Waals surface area contributed by atoms with Crippen LogP contribution in [-0.4, -0.2) is 17.1 Å². The third kappa shape index (κ3) is 2.04. The summed E-state index contributed by atoms with van der Waals surface area (Å²) in [6.45, 7) is 3.72. The molecule has 0 radical (unpaired) electrons. The van der Waals surface area contributed by atoms with Crippen LogP contribution in [0.4, 0.5) is 4.39 Å². The summed E-state index contributed by atoms with van der Waals surface area (Å²) in [7, 11) is 1.51. The Labute approximate surface area is 121 Å². The van der Waals surface area contributed by atoms with Crippen molar-refractivity contribution < 1.29 is 10.5 Å². The van der Waals surface area contributed by atoms with Gasteiger partial charge in [-0.3, -0.25) is 0 Å². The molecule has 5 heteroatoms. The molecule has 0 atom stereocenters. The molecule has 0 bridgehead atoms. The number of aromatic nitrogens is 2. The minimum atomic E-state index is -0.347. The average Bonchev–Trinajstić information content (AvgIpc) is 2.75. The maximum atomic E-state index is 13.4. The van der Waals surface area contributed by atoms with E-state index in [0.29, 0.717) is 11.6 Å². The molecule has 3 nitrogen and oxygen atoms in total. The van der Waals surface area contributed by atoms with Crippen molar-refractivity contribution in [2.24, 2.45) is 0 Å². The fourth-order valence-corrected chi connectivity index (χ4v) is 3.17. The van der Waals surface area contributed by atoms with Crippen molar-refractivity contribution >= 4 is 21.6 Å². The number of ether oxygens (including phenoxy) is 1. The molecule has 20 heavy (non-hydrogen) atoms. The lowest BCUT2D eigenvalue weighted by atomic mass is 10.0. The smallest absolute Gasteiger partial charge is 0.129 e. The fraction of sp³-hybridized carbons (Fsp3) is 0.200. The first-order valence-electron chi connectivity index (χ1n) is 6.59. The molecule has 0 aliphatic heterocycles. The van der Waals surface area contributed by atoms with E-state index in [9.17, 15) is 4.39 Å². The van der Waals surface area contributed by atoms with Crippen LogP contribution in [0.1, 0.15) is 12.1 Å². The van der Waals surface area contributed by atoms with E-state index in [4.69, 9.17) is 6.11 Å². The second-order valence-electron chi connectivity index (χ2n) is 4.44. The second kappa shape index (κ2) is 4.83. The summed E-state index contributed by atoms with van der Waals surface area (Å²) in [4.78, 5) is 9.55. The van der Waals surface area contributed by atoms with Gasteiger partial charge in [0.15, 0.2) is 0 Å². The number of rotatable bonds is 2. The van der Waals surface area contributed by atoms with Crippen LogP contribution in [0.5, 0.6) is 5.75 Å². The highest BCUT2D eigenvalue weighted by molar-refractivity contribution is 7.19. The van der Waals surface area contributed by atoms with E-state index in [1.807, 2.05) is 6.92 Å². The van der Waals surface area contributed by atoms with Gasteiger partial charge in [0.05, 0.1) is 18.7 Å². The highest BCUT2D eigenvalue weighted by atomic mass is 32.1. The predicted molar refractivity (Wildman–Crippen MR) is 78.8 cm³/mol. The quantitative estimate of drug-likeness (QED) is 0.711. The van der Waals surface area contributed by atoms with Crippen LogP contribution in [0.25, 0.3) is 21.3 Å². The first-order valence-corrected chi connectivity index (χ1v) is 6.91. The van der Waals surface area contributed by atoms with Gasteiger partial charge in [-0.05, 0) is 26.0 Å². The molecule has 0 saturated carbocycles. The van der Waals surface area contributed by atoms with Crippen molar-refractivity contribution in [1.82, 2.24) is 9.97 Å². The fourth-order valence-electron chi connectivity index (χ4n) is 2.22. The zero-order chi connectivity index (χ0) is 15.1. The Morgan fingerprint density at radius 1 is 1.35 bits per heavy atom. The Morgan fingerprint density at radius 3 is 2.90 bits per heavy atom. The highest BCUT2D eigenvalue weighted by Crippen LogP contribution is 2.41. The van der Waals surface area contributed by atoms with Crippen molar-refractivity contribution in [3.05, 3.63) is 40.9 Å². The van der Waals surface area contributed by atoms with Gasteiger partial charge in [-0.1, -0.05) is 0 Å². The van der Waals surface area contributed by atoms with Crippen LogP contribution in [-0.2, 0) is 0 Å². The number of halogens is 1. The molecule has 102 valence electrons. The lowest BCUT2D eigenvalue weighted by molar-refractivity contribution is 0.413. The van der Waals surface area contributed by atoms with Crippen molar-refractivity contribution in [3.8, 4) is 16.9 Å². The summed E-state index contributed by atoms with van der Waals surface area (Å²) in [6, 6.07) is 4.44. The lowest BCUT2D eigenvalue weighted by Crippen LogP contribution is -1.91. The number of benzene rings is 1. The number of hydrogen-bond acceptors (Lipinski definition) is 4. The van der Waals surface area contributed by atoms with E-state index in [1.165, 1.54) is 30.6 Å². The summed E-state index contributed by atoms with van der Waals surface area (Å²) in [6.07, 6.45) is 0.220. The van der Waals surface area contributed by atoms with E-state index in [-0.39, 0.29) is 12.0 Å². The summed E-state index contributed by atoms with van der Waals surface area (Å²) < 4.78 is 27.4. The molecule has 0 aliphatic carbocycles. The Bertz CT molecular complexity index is 847. The molecular formula is C15H13FN2OS. The van der Waals surface area contributed by atoms with Crippen LogP contribution in [0.2, 0.25) is 0 Å². The first-order chi connectivity index (χ1) is 10.0. The largest absolute Gasteiger partial charge is 0.496 e. The SMILES string of the molecule is [2H]c1nc(C)nc2c(-c3ccc(F)cc3OC)c(C)sc12. The Kier molecular flexibility index (Phi) is 2.85. The average molecular weight is 289 g/mol. The molecule has 0 fully saturated rings. The summed E-state index contributed by atoms with van der Waals surface area (Å²) >= 11 is 1.47. The van der Waals surface area contributed by atoms with E-state index in [0.717, 1.165) is 26.2 Å². The normalized spacial score (nSPS) is 11.7. The maximum absolute atomic E-state index is 13.4. The van der Waals surface area contributed by atoms with Crippen molar-refractivity contribution in [2.75, 3.05) is 7.11 Å². The second-order valence-corrected chi connectivity index (χ2v) is 5.66. The number of hydrogen-bond donors (Lipinski definition) is 0. The molecule has 0 aliphatic rings. The predicted octanol–water partition coefficient (Wildman–Crippen LogP) is 4.12. The Balaban J connectivity index is 2.37. The highest BCUT2D eigenvalue weighted by Gasteiger charge is 2.17. The minimum absolute atomic E-state index is 0.220. The number of methoxy groups -OCH3 is 1. The molecule has 3 rings (SSSR count). The third-order valence-electron chi connectivity index (χ3n) is 3.08. The topological polar surface area (TPSA) is 35.0 Å². The Morgan fingerprint density at radius 2 is 2.15 bits per heavy atom. The van der Waals surface area contributed by atoms with Gasteiger partial charge in [0.1, 0.15) is 17.4 Å². The Hall–Kier alpha value is -2.01. The molecule has 0 N–H and O–H groups in total. The van der Waals surface area contributed by atoms with Gasteiger partial charge in [0.25, 0.3) is 0 Å².